The SMILES string of the molecule is COCCOCCC(=O)N[C@H]1CC[C@@H](C(=O)O)C1. The van der Waals surface area contributed by atoms with Crippen LogP contribution in [-0.4, -0.2) is 50.0 Å². The lowest BCUT2D eigenvalue weighted by molar-refractivity contribution is -0.141. The molecule has 0 bridgehead atoms. The van der Waals surface area contributed by atoms with Crippen LogP contribution >= 0.6 is 0 Å². The molecule has 1 amide bonds. The predicted molar refractivity (Wildman–Crippen MR) is 64.2 cm³/mol. The normalized spacial score (nSPS) is 22.9. The van der Waals surface area contributed by atoms with Crippen LogP contribution in [0.4, 0.5) is 0 Å². The van der Waals surface area contributed by atoms with Gasteiger partial charge in [0, 0.05) is 19.6 Å². The highest BCUT2D eigenvalue weighted by molar-refractivity contribution is 5.76. The average molecular weight is 259 g/mol. The van der Waals surface area contributed by atoms with Gasteiger partial charge in [0.25, 0.3) is 0 Å². The molecule has 0 aromatic rings. The van der Waals surface area contributed by atoms with Gasteiger partial charge in [0.1, 0.15) is 0 Å². The number of methoxy groups -OCH3 is 1. The molecule has 1 rings (SSSR count). The van der Waals surface area contributed by atoms with Gasteiger partial charge in [-0.25, -0.2) is 0 Å². The van der Waals surface area contributed by atoms with Crippen LogP contribution in [0, 0.1) is 5.92 Å². The first-order valence-electron chi connectivity index (χ1n) is 6.22. The Labute approximate surface area is 107 Å². The summed E-state index contributed by atoms with van der Waals surface area (Å²) in [4.78, 5) is 22.3. The van der Waals surface area contributed by atoms with E-state index in [0.29, 0.717) is 39.1 Å². The number of carboxylic acid groups (broad SMARTS) is 1. The third-order valence-electron chi connectivity index (χ3n) is 3.05. The lowest BCUT2D eigenvalue weighted by Gasteiger charge is -2.12. The van der Waals surface area contributed by atoms with Gasteiger partial charge in [-0.05, 0) is 19.3 Å². The summed E-state index contributed by atoms with van der Waals surface area (Å²) in [6.45, 7) is 1.36. The maximum atomic E-state index is 11.5. The smallest absolute Gasteiger partial charge is 0.306 e. The summed E-state index contributed by atoms with van der Waals surface area (Å²) < 4.78 is 10.00. The van der Waals surface area contributed by atoms with Crippen LogP contribution in [0.2, 0.25) is 0 Å². The third-order valence-corrected chi connectivity index (χ3v) is 3.05. The Morgan fingerprint density at radius 2 is 2.06 bits per heavy atom. The molecule has 2 N–H and O–H groups in total. The quantitative estimate of drug-likeness (QED) is 0.617. The molecule has 1 aliphatic carbocycles. The zero-order valence-corrected chi connectivity index (χ0v) is 10.7. The van der Waals surface area contributed by atoms with Gasteiger partial charge in [0.15, 0.2) is 0 Å². The number of hydrogen-bond acceptors (Lipinski definition) is 4. The molecule has 6 heteroatoms. The minimum absolute atomic E-state index is 0.00225. The van der Waals surface area contributed by atoms with Crippen molar-refractivity contribution in [1.82, 2.24) is 5.32 Å². The highest BCUT2D eigenvalue weighted by atomic mass is 16.5. The molecule has 0 spiro atoms. The second-order valence-corrected chi connectivity index (χ2v) is 4.47. The van der Waals surface area contributed by atoms with E-state index in [1.54, 1.807) is 7.11 Å². The van der Waals surface area contributed by atoms with Gasteiger partial charge in [-0.2, -0.15) is 0 Å². The lowest BCUT2D eigenvalue weighted by atomic mass is 10.1. The van der Waals surface area contributed by atoms with Gasteiger partial charge in [-0.3, -0.25) is 9.59 Å². The molecule has 0 aromatic carbocycles. The second-order valence-electron chi connectivity index (χ2n) is 4.47. The Kier molecular flexibility index (Phi) is 6.67. The fraction of sp³-hybridized carbons (Fsp3) is 0.833. The summed E-state index contributed by atoms with van der Waals surface area (Å²) in [5.74, 6) is -1.16. The van der Waals surface area contributed by atoms with Crippen molar-refractivity contribution in [1.29, 1.82) is 0 Å². The van der Waals surface area contributed by atoms with Crippen molar-refractivity contribution in [3.8, 4) is 0 Å². The minimum Gasteiger partial charge on any atom is -0.481 e. The third kappa shape index (κ3) is 5.46. The van der Waals surface area contributed by atoms with Gasteiger partial charge in [-0.15, -0.1) is 0 Å². The van der Waals surface area contributed by atoms with Crippen molar-refractivity contribution in [2.45, 2.75) is 31.7 Å². The van der Waals surface area contributed by atoms with E-state index in [2.05, 4.69) is 5.32 Å². The van der Waals surface area contributed by atoms with E-state index in [1.807, 2.05) is 0 Å². The Morgan fingerprint density at radius 3 is 2.67 bits per heavy atom. The van der Waals surface area contributed by atoms with Crippen LogP contribution in [0.25, 0.3) is 0 Å². The first-order valence-corrected chi connectivity index (χ1v) is 6.22. The number of hydrogen-bond donors (Lipinski definition) is 2. The highest BCUT2D eigenvalue weighted by Gasteiger charge is 2.30. The van der Waals surface area contributed by atoms with E-state index in [0.717, 1.165) is 6.42 Å². The van der Waals surface area contributed by atoms with Gasteiger partial charge in [-0.1, -0.05) is 0 Å². The van der Waals surface area contributed by atoms with E-state index in [1.165, 1.54) is 0 Å². The number of carbonyl (C=O) groups excluding carboxylic acids is 1. The van der Waals surface area contributed by atoms with Gasteiger partial charge >= 0.3 is 5.97 Å². The first kappa shape index (κ1) is 14.9. The summed E-state index contributed by atoms with van der Waals surface area (Å²) in [7, 11) is 1.59. The van der Waals surface area contributed by atoms with Crippen LogP contribution in [0.1, 0.15) is 25.7 Å². The molecule has 104 valence electrons. The molecule has 18 heavy (non-hydrogen) atoms. The standard InChI is InChI=1S/C12H21NO5/c1-17-6-7-18-5-4-11(14)13-10-3-2-9(8-10)12(15)16/h9-10H,2-8H2,1H3,(H,13,14)(H,15,16)/t9-,10+/m1/s1. The monoisotopic (exact) mass is 259 g/mol. The Hall–Kier alpha value is -1.14. The molecule has 1 saturated carbocycles. The van der Waals surface area contributed by atoms with Crippen LogP contribution in [0.15, 0.2) is 0 Å². The lowest BCUT2D eigenvalue weighted by Crippen LogP contribution is -2.33. The van der Waals surface area contributed by atoms with Crippen LogP contribution < -0.4 is 5.32 Å². The molecular weight excluding hydrogens is 238 g/mol. The number of amides is 1. The summed E-state index contributed by atoms with van der Waals surface area (Å²) in [5.41, 5.74) is 0. The van der Waals surface area contributed by atoms with Crippen molar-refractivity contribution >= 4 is 11.9 Å². The largest absolute Gasteiger partial charge is 0.481 e. The number of carbonyl (C=O) groups is 2. The first-order chi connectivity index (χ1) is 8.63. The van der Waals surface area contributed by atoms with E-state index >= 15 is 0 Å². The molecule has 1 fully saturated rings. The van der Waals surface area contributed by atoms with Crippen molar-refractivity contribution in [2.24, 2.45) is 5.92 Å². The zero-order chi connectivity index (χ0) is 13.4. The van der Waals surface area contributed by atoms with Crippen molar-refractivity contribution in [3.63, 3.8) is 0 Å². The van der Waals surface area contributed by atoms with E-state index in [4.69, 9.17) is 14.6 Å². The van der Waals surface area contributed by atoms with Crippen LogP contribution in [-0.2, 0) is 19.1 Å². The number of rotatable bonds is 8. The van der Waals surface area contributed by atoms with Gasteiger partial charge in [0.05, 0.1) is 25.7 Å². The molecule has 0 aromatic heterocycles. The number of carboxylic acids is 1. The van der Waals surface area contributed by atoms with E-state index < -0.39 is 5.97 Å². The molecule has 0 saturated heterocycles. The van der Waals surface area contributed by atoms with Gasteiger partial charge < -0.3 is 19.9 Å². The molecule has 2 atom stereocenters. The van der Waals surface area contributed by atoms with Crippen molar-refractivity contribution < 1.29 is 24.2 Å². The predicted octanol–water partition coefficient (Wildman–Crippen LogP) is 0.409. The second kappa shape index (κ2) is 8.05. The minimum atomic E-state index is -0.769. The maximum absolute atomic E-state index is 11.5. The molecule has 0 heterocycles. The summed E-state index contributed by atoms with van der Waals surface area (Å²) in [6, 6.07) is -0.00225. The molecule has 6 nitrogen and oxygen atoms in total. The van der Waals surface area contributed by atoms with Gasteiger partial charge in [0.2, 0.25) is 5.91 Å². The van der Waals surface area contributed by atoms with Crippen LogP contribution in [0.3, 0.4) is 0 Å². The summed E-state index contributed by atoms with van der Waals surface area (Å²) in [6.07, 6.45) is 2.22. The van der Waals surface area contributed by atoms with Crippen molar-refractivity contribution in [3.05, 3.63) is 0 Å². The van der Waals surface area contributed by atoms with E-state index in [-0.39, 0.29) is 17.9 Å². The Balaban J connectivity index is 2.08. The topological polar surface area (TPSA) is 84.9 Å². The molecule has 0 radical (unpaired) electrons. The Bertz CT molecular complexity index is 282. The fourth-order valence-corrected chi connectivity index (χ4v) is 2.05. The highest BCUT2D eigenvalue weighted by Crippen LogP contribution is 2.25. The molecule has 0 unspecified atom stereocenters. The number of aliphatic carboxylic acids is 1. The van der Waals surface area contributed by atoms with Crippen LogP contribution in [0.5, 0.6) is 0 Å². The average Bonchev–Trinajstić information content (AvgIpc) is 2.77. The summed E-state index contributed by atoms with van der Waals surface area (Å²) >= 11 is 0. The number of ether oxygens (including phenoxy) is 2. The van der Waals surface area contributed by atoms with E-state index in [9.17, 15) is 9.59 Å². The summed E-state index contributed by atoms with van der Waals surface area (Å²) in [5, 5.41) is 11.7. The fourth-order valence-electron chi connectivity index (χ4n) is 2.05. The molecule has 1 aliphatic rings. The Morgan fingerprint density at radius 1 is 1.28 bits per heavy atom. The maximum Gasteiger partial charge on any atom is 0.306 e. The molecule has 0 aliphatic heterocycles. The zero-order valence-electron chi connectivity index (χ0n) is 10.7. The van der Waals surface area contributed by atoms with Crippen molar-refractivity contribution in [2.75, 3.05) is 26.9 Å². The number of nitrogens with one attached hydrogen (secondary N) is 1. The molecular formula is C12H21NO5.